The maximum atomic E-state index is 11.8. The Balaban J connectivity index is 3.83. The van der Waals surface area contributed by atoms with Crippen molar-refractivity contribution >= 4 is 6.09 Å². The minimum absolute atomic E-state index is 0.272. The molecule has 0 radical (unpaired) electrons. The van der Waals surface area contributed by atoms with Crippen molar-refractivity contribution < 1.29 is 22.7 Å². The van der Waals surface area contributed by atoms with Crippen LogP contribution in [0.1, 0.15) is 19.8 Å². The normalized spacial score (nSPS) is 13.8. The molecule has 78 valence electrons. The van der Waals surface area contributed by atoms with E-state index in [4.69, 9.17) is 0 Å². The zero-order valence-electron chi connectivity index (χ0n) is 7.23. The molecular weight excluding hydrogens is 187 g/mol. The Morgan fingerprint density at radius 2 is 2.08 bits per heavy atom. The molecule has 0 saturated heterocycles. The van der Waals surface area contributed by atoms with Gasteiger partial charge in [-0.05, 0) is 6.42 Å². The van der Waals surface area contributed by atoms with E-state index in [1.165, 1.54) is 0 Å². The second kappa shape index (κ2) is 4.94. The van der Waals surface area contributed by atoms with Crippen LogP contribution < -0.4 is 5.73 Å². The van der Waals surface area contributed by atoms with Gasteiger partial charge in [-0.15, -0.1) is 0 Å². The summed E-state index contributed by atoms with van der Waals surface area (Å²) in [5.41, 5.74) is 4.62. The number of halogens is 3. The summed E-state index contributed by atoms with van der Waals surface area (Å²) in [7, 11) is 0. The van der Waals surface area contributed by atoms with Gasteiger partial charge in [0.05, 0.1) is 6.61 Å². The predicted octanol–water partition coefficient (Wildman–Crippen LogP) is 2.06. The van der Waals surface area contributed by atoms with E-state index >= 15 is 0 Å². The van der Waals surface area contributed by atoms with E-state index in [1.807, 2.05) is 0 Å². The van der Waals surface area contributed by atoms with E-state index in [0.29, 0.717) is 6.42 Å². The van der Waals surface area contributed by atoms with Crippen LogP contribution in [0, 0.1) is 5.92 Å². The SMILES string of the molecule is CCC(COC(N)=O)CC(F)(F)F. The Morgan fingerprint density at radius 1 is 1.54 bits per heavy atom. The highest BCUT2D eigenvalue weighted by molar-refractivity contribution is 5.64. The van der Waals surface area contributed by atoms with Gasteiger partial charge in [0, 0.05) is 12.3 Å². The average molecular weight is 199 g/mol. The van der Waals surface area contributed by atoms with Gasteiger partial charge in [-0.3, -0.25) is 0 Å². The summed E-state index contributed by atoms with van der Waals surface area (Å²) in [6.07, 6.45) is -5.91. The Bertz CT molecular complexity index is 170. The number of carbonyl (C=O) groups is 1. The molecular formula is C7H12F3NO2. The van der Waals surface area contributed by atoms with Crippen molar-refractivity contribution in [2.24, 2.45) is 11.7 Å². The average Bonchev–Trinajstić information content (AvgIpc) is 1.95. The maximum absolute atomic E-state index is 11.8. The summed E-state index contributed by atoms with van der Waals surface area (Å²) < 4.78 is 39.8. The number of hydrogen-bond donors (Lipinski definition) is 1. The van der Waals surface area contributed by atoms with Crippen molar-refractivity contribution in [3.05, 3.63) is 0 Å². The van der Waals surface area contributed by atoms with Crippen molar-refractivity contribution in [2.45, 2.75) is 25.9 Å². The van der Waals surface area contributed by atoms with Crippen molar-refractivity contribution in [1.82, 2.24) is 0 Å². The third kappa shape index (κ3) is 7.42. The third-order valence-corrected chi connectivity index (χ3v) is 1.56. The second-order valence-corrected chi connectivity index (χ2v) is 2.72. The lowest BCUT2D eigenvalue weighted by Crippen LogP contribution is -2.22. The minimum atomic E-state index is -4.22. The van der Waals surface area contributed by atoms with Crippen molar-refractivity contribution in [3.63, 3.8) is 0 Å². The molecule has 0 aromatic rings. The number of amides is 1. The molecule has 0 saturated carbocycles. The van der Waals surface area contributed by atoms with Gasteiger partial charge in [0.25, 0.3) is 0 Å². The molecule has 2 N–H and O–H groups in total. The minimum Gasteiger partial charge on any atom is -0.449 e. The summed E-state index contributed by atoms with van der Waals surface area (Å²) in [5.74, 6) is -0.701. The highest BCUT2D eigenvalue weighted by atomic mass is 19.4. The molecule has 0 aliphatic rings. The van der Waals surface area contributed by atoms with Gasteiger partial charge < -0.3 is 10.5 Å². The number of carbonyl (C=O) groups excluding carboxylic acids is 1. The molecule has 0 aromatic heterocycles. The first-order chi connectivity index (χ1) is 5.85. The quantitative estimate of drug-likeness (QED) is 0.753. The number of rotatable bonds is 4. The lowest BCUT2D eigenvalue weighted by molar-refractivity contribution is -0.147. The van der Waals surface area contributed by atoms with Crippen molar-refractivity contribution in [2.75, 3.05) is 6.61 Å². The molecule has 3 nitrogen and oxygen atoms in total. The van der Waals surface area contributed by atoms with Gasteiger partial charge in [-0.2, -0.15) is 13.2 Å². The fraction of sp³-hybridized carbons (Fsp3) is 0.857. The molecule has 1 atom stereocenters. The monoisotopic (exact) mass is 199 g/mol. The molecule has 0 spiro atoms. The number of alkyl halides is 3. The summed E-state index contributed by atoms with van der Waals surface area (Å²) >= 11 is 0. The van der Waals surface area contributed by atoms with E-state index in [0.717, 1.165) is 0 Å². The van der Waals surface area contributed by atoms with Gasteiger partial charge in [0.15, 0.2) is 0 Å². The van der Waals surface area contributed by atoms with E-state index in [1.54, 1.807) is 6.92 Å². The second-order valence-electron chi connectivity index (χ2n) is 2.72. The van der Waals surface area contributed by atoms with Crippen LogP contribution in [0.15, 0.2) is 0 Å². The molecule has 0 heterocycles. The van der Waals surface area contributed by atoms with Gasteiger partial charge >= 0.3 is 12.3 Å². The molecule has 1 unspecified atom stereocenters. The number of primary amides is 1. The third-order valence-electron chi connectivity index (χ3n) is 1.56. The Labute approximate surface area is 74.0 Å². The van der Waals surface area contributed by atoms with Gasteiger partial charge in [-0.1, -0.05) is 6.92 Å². The number of ether oxygens (including phenoxy) is 1. The van der Waals surface area contributed by atoms with Crippen molar-refractivity contribution in [3.8, 4) is 0 Å². The zero-order chi connectivity index (χ0) is 10.5. The predicted molar refractivity (Wildman–Crippen MR) is 40.0 cm³/mol. The Morgan fingerprint density at radius 3 is 2.38 bits per heavy atom. The fourth-order valence-electron chi connectivity index (χ4n) is 0.848. The Hall–Kier alpha value is -0.940. The van der Waals surface area contributed by atoms with Crippen LogP contribution in [-0.4, -0.2) is 18.9 Å². The van der Waals surface area contributed by atoms with E-state index < -0.39 is 24.6 Å². The lowest BCUT2D eigenvalue weighted by atomic mass is 10.0. The smallest absolute Gasteiger partial charge is 0.404 e. The van der Waals surface area contributed by atoms with Crippen LogP contribution in [0.4, 0.5) is 18.0 Å². The lowest BCUT2D eigenvalue weighted by Gasteiger charge is -2.15. The molecule has 0 fully saturated rings. The molecule has 1 amide bonds. The van der Waals surface area contributed by atoms with E-state index in [-0.39, 0.29) is 6.61 Å². The molecule has 0 aliphatic heterocycles. The topological polar surface area (TPSA) is 52.3 Å². The van der Waals surface area contributed by atoms with Gasteiger partial charge in [-0.25, -0.2) is 4.79 Å². The van der Waals surface area contributed by atoms with Crippen LogP contribution in [-0.2, 0) is 4.74 Å². The summed E-state index contributed by atoms with van der Waals surface area (Å²) in [5, 5.41) is 0. The summed E-state index contributed by atoms with van der Waals surface area (Å²) in [6, 6.07) is 0. The molecule has 6 heteroatoms. The molecule has 0 rings (SSSR count). The Kier molecular flexibility index (Phi) is 4.58. The first-order valence-corrected chi connectivity index (χ1v) is 3.84. The van der Waals surface area contributed by atoms with E-state index in [2.05, 4.69) is 10.5 Å². The number of hydrogen-bond acceptors (Lipinski definition) is 2. The standard InChI is InChI=1S/C7H12F3NO2/c1-2-5(3-7(8,9)10)4-13-6(11)12/h5H,2-4H2,1H3,(H2,11,12). The number of nitrogens with two attached hydrogens (primary N) is 1. The van der Waals surface area contributed by atoms with Crippen LogP contribution >= 0.6 is 0 Å². The van der Waals surface area contributed by atoms with Gasteiger partial charge in [0.2, 0.25) is 0 Å². The first kappa shape index (κ1) is 12.1. The van der Waals surface area contributed by atoms with Crippen LogP contribution in [0.2, 0.25) is 0 Å². The molecule has 13 heavy (non-hydrogen) atoms. The van der Waals surface area contributed by atoms with Crippen LogP contribution in [0.3, 0.4) is 0 Å². The highest BCUT2D eigenvalue weighted by Gasteiger charge is 2.31. The summed E-state index contributed by atoms with van der Waals surface area (Å²) in [4.78, 5) is 10.1. The van der Waals surface area contributed by atoms with Crippen LogP contribution in [0.5, 0.6) is 0 Å². The first-order valence-electron chi connectivity index (χ1n) is 3.84. The zero-order valence-corrected chi connectivity index (χ0v) is 7.23. The van der Waals surface area contributed by atoms with Gasteiger partial charge in [0.1, 0.15) is 0 Å². The largest absolute Gasteiger partial charge is 0.449 e. The highest BCUT2D eigenvalue weighted by Crippen LogP contribution is 2.26. The maximum Gasteiger partial charge on any atom is 0.404 e. The fourth-order valence-corrected chi connectivity index (χ4v) is 0.848. The molecule has 0 aromatic carbocycles. The molecule has 0 bridgehead atoms. The van der Waals surface area contributed by atoms with Crippen LogP contribution in [0.25, 0.3) is 0 Å². The summed E-state index contributed by atoms with van der Waals surface area (Å²) in [6.45, 7) is 1.33. The van der Waals surface area contributed by atoms with E-state index in [9.17, 15) is 18.0 Å². The molecule has 0 aliphatic carbocycles. The van der Waals surface area contributed by atoms with Crippen molar-refractivity contribution in [1.29, 1.82) is 0 Å².